The molecule has 6 rings (SSSR count). The largest absolute Gasteiger partial charge is 0.495 e. The van der Waals surface area contributed by atoms with Gasteiger partial charge in [0, 0.05) is 18.4 Å². The quantitative estimate of drug-likeness (QED) is 0.0601. The number of hydrogen-bond acceptors (Lipinski definition) is 15. The summed E-state index contributed by atoms with van der Waals surface area (Å²) in [5.74, 6) is -2.89. The van der Waals surface area contributed by atoms with E-state index < -0.39 is 33.4 Å². The molecule has 0 aliphatic rings. The Balaban J connectivity index is 0.000000228. The van der Waals surface area contributed by atoms with Gasteiger partial charge in [-0.05, 0) is 29.5 Å². The first-order valence-electron chi connectivity index (χ1n) is 17.2. The predicted molar refractivity (Wildman–Crippen MR) is 223 cm³/mol. The van der Waals surface area contributed by atoms with E-state index in [4.69, 9.17) is 42.1 Å². The van der Waals surface area contributed by atoms with E-state index in [0.717, 1.165) is 35.7 Å². The van der Waals surface area contributed by atoms with E-state index in [0.29, 0.717) is 10.0 Å². The first-order chi connectivity index (χ1) is 28.7. The summed E-state index contributed by atoms with van der Waals surface area (Å²) in [4.78, 5) is 40.7. The minimum absolute atomic E-state index is 0.0195. The maximum Gasteiger partial charge on any atom is 0.341 e. The standard InChI is InChI=1S/C20H17ClFN3O5S.C20H17ClFN3O3S/c1-29-17-8-13(19(26)30-11-12-6-4-3-5-7-12)15(22)9-16(17)24-20-23-10-14(21)18(25-20)31(2,27)28;1-27-17-8-13(19(26)28-11-12-6-4-3-5-7-12)15(22)9-16(17)24-20-23-10-14(21)18(25-20)29-2/h3-10H,11H2,1-2H3,(H,23,24,25);3-10H,11H2,1-2H3,(H,23,24,25). The molecule has 0 unspecified atom stereocenters. The van der Waals surface area contributed by atoms with E-state index in [9.17, 15) is 26.8 Å². The molecule has 2 heterocycles. The highest BCUT2D eigenvalue weighted by atomic mass is 35.5. The van der Waals surface area contributed by atoms with E-state index in [2.05, 4.69) is 30.6 Å². The topological polar surface area (TPSA) is 181 Å². The van der Waals surface area contributed by atoms with Crippen LogP contribution in [-0.4, -0.2) is 67.0 Å². The van der Waals surface area contributed by atoms with Crippen LogP contribution in [-0.2, 0) is 32.5 Å². The van der Waals surface area contributed by atoms with Crippen LogP contribution < -0.4 is 20.1 Å². The van der Waals surface area contributed by atoms with Crippen molar-refractivity contribution in [3.8, 4) is 11.5 Å². The lowest BCUT2D eigenvalue weighted by atomic mass is 10.1. The summed E-state index contributed by atoms with van der Waals surface area (Å²) in [6.45, 7) is 0.0197. The molecule has 6 aromatic rings. The number of methoxy groups -OCH3 is 2. The minimum atomic E-state index is -3.71. The number of halogens is 4. The van der Waals surface area contributed by atoms with Crippen molar-refractivity contribution >= 4 is 80.0 Å². The molecule has 60 heavy (non-hydrogen) atoms. The van der Waals surface area contributed by atoms with Gasteiger partial charge in [-0.2, -0.15) is 4.98 Å². The number of sulfone groups is 1. The average Bonchev–Trinajstić information content (AvgIpc) is 3.24. The van der Waals surface area contributed by atoms with Gasteiger partial charge in [0.1, 0.15) is 41.4 Å². The maximum atomic E-state index is 14.6. The monoisotopic (exact) mass is 898 g/mol. The number of ether oxygens (including phenoxy) is 4. The Labute approximate surface area is 357 Å². The molecule has 0 atom stereocenters. The molecule has 2 aromatic heterocycles. The number of rotatable bonds is 14. The first-order valence-corrected chi connectivity index (χ1v) is 21.1. The number of nitrogens with one attached hydrogen (secondary N) is 2. The van der Waals surface area contributed by atoms with Crippen molar-refractivity contribution in [3.63, 3.8) is 0 Å². The van der Waals surface area contributed by atoms with Crippen molar-refractivity contribution in [2.45, 2.75) is 23.3 Å². The van der Waals surface area contributed by atoms with Crippen molar-refractivity contribution in [2.24, 2.45) is 0 Å². The van der Waals surface area contributed by atoms with Crippen molar-refractivity contribution in [3.05, 3.63) is 141 Å². The van der Waals surface area contributed by atoms with E-state index in [1.807, 2.05) is 42.7 Å². The molecule has 312 valence electrons. The molecule has 0 bridgehead atoms. The zero-order valence-electron chi connectivity index (χ0n) is 32.0. The number of carbonyl (C=O) groups is 2. The molecule has 0 saturated carbocycles. The third-order valence-electron chi connectivity index (χ3n) is 7.91. The molecule has 4 aromatic carbocycles. The molecule has 14 nitrogen and oxygen atoms in total. The number of nitrogens with zero attached hydrogens (tertiary/aromatic N) is 4. The first kappa shape index (κ1) is 45.0. The summed E-state index contributed by atoms with van der Waals surface area (Å²) in [6, 6.07) is 22.7. The van der Waals surface area contributed by atoms with Crippen molar-refractivity contribution in [2.75, 3.05) is 37.4 Å². The summed E-state index contributed by atoms with van der Waals surface area (Å²) in [6.07, 6.45) is 5.32. The Morgan fingerprint density at radius 1 is 0.700 bits per heavy atom. The van der Waals surface area contributed by atoms with Gasteiger partial charge in [0.2, 0.25) is 11.9 Å². The average molecular weight is 900 g/mol. The zero-order valence-corrected chi connectivity index (χ0v) is 35.2. The van der Waals surface area contributed by atoms with Gasteiger partial charge in [0.05, 0.1) is 59.2 Å². The van der Waals surface area contributed by atoms with Crippen LogP contribution in [0.2, 0.25) is 10.0 Å². The Morgan fingerprint density at radius 2 is 1.13 bits per heavy atom. The van der Waals surface area contributed by atoms with Gasteiger partial charge in [-0.1, -0.05) is 83.9 Å². The van der Waals surface area contributed by atoms with Gasteiger partial charge in [-0.3, -0.25) is 0 Å². The molecular weight excluding hydrogens is 866 g/mol. The number of carbonyl (C=O) groups excluding carboxylic acids is 2. The van der Waals surface area contributed by atoms with Gasteiger partial charge >= 0.3 is 11.9 Å². The Morgan fingerprint density at radius 3 is 1.55 bits per heavy atom. The summed E-state index contributed by atoms with van der Waals surface area (Å²) in [5.41, 5.74) is 1.33. The third-order valence-corrected chi connectivity index (χ3v) is 10.4. The van der Waals surface area contributed by atoms with Crippen LogP contribution in [0.3, 0.4) is 0 Å². The lowest BCUT2D eigenvalue weighted by molar-refractivity contribution is 0.0458. The third kappa shape index (κ3) is 12.0. The highest BCUT2D eigenvalue weighted by molar-refractivity contribution is 7.98. The van der Waals surface area contributed by atoms with Crippen molar-refractivity contribution in [1.29, 1.82) is 0 Å². The zero-order chi connectivity index (χ0) is 43.4. The van der Waals surface area contributed by atoms with Crippen LogP contribution in [0.4, 0.5) is 32.1 Å². The number of anilines is 4. The molecule has 0 aliphatic carbocycles. The fraction of sp³-hybridized carbons (Fsp3) is 0.150. The summed E-state index contributed by atoms with van der Waals surface area (Å²) in [5, 5.41) is 6.00. The highest BCUT2D eigenvalue weighted by Gasteiger charge is 2.22. The lowest BCUT2D eigenvalue weighted by Crippen LogP contribution is -2.10. The molecule has 0 fully saturated rings. The van der Waals surface area contributed by atoms with E-state index in [1.165, 1.54) is 44.3 Å². The van der Waals surface area contributed by atoms with Crippen molar-refractivity contribution in [1.82, 2.24) is 19.9 Å². The number of aromatic nitrogens is 4. The fourth-order valence-corrected chi connectivity index (χ4v) is 6.94. The van der Waals surface area contributed by atoms with Crippen molar-refractivity contribution < 1.29 is 45.7 Å². The Bertz CT molecular complexity index is 2600. The summed E-state index contributed by atoms with van der Waals surface area (Å²) >= 11 is 13.2. The van der Waals surface area contributed by atoms with Crippen LogP contribution in [0.15, 0.2) is 107 Å². The summed E-state index contributed by atoms with van der Waals surface area (Å²) < 4.78 is 73.6. The molecular formula is C40H34Cl2F2N6O8S2. The second kappa shape index (κ2) is 20.7. The van der Waals surface area contributed by atoms with Gasteiger partial charge in [0.15, 0.2) is 14.9 Å². The predicted octanol–water partition coefficient (Wildman–Crippen LogP) is 8.88. The SMILES string of the molecule is COc1cc(C(=O)OCc2ccccc2)c(F)cc1Nc1ncc(Cl)c(S(C)(=O)=O)n1.COc1cc(C(=O)OCc2ccccc2)c(F)cc1Nc1ncc(Cl)c(SC)n1. The van der Waals surface area contributed by atoms with Crippen LogP contribution in [0.5, 0.6) is 11.5 Å². The Kier molecular flexibility index (Phi) is 15.6. The second-order valence-electron chi connectivity index (χ2n) is 12.1. The molecule has 0 aliphatic heterocycles. The van der Waals surface area contributed by atoms with Gasteiger partial charge in [-0.25, -0.2) is 41.7 Å². The molecule has 0 saturated heterocycles. The van der Waals surface area contributed by atoms with Gasteiger partial charge < -0.3 is 29.6 Å². The van der Waals surface area contributed by atoms with E-state index in [-0.39, 0.29) is 69.2 Å². The van der Waals surface area contributed by atoms with E-state index in [1.54, 1.807) is 24.3 Å². The minimum Gasteiger partial charge on any atom is -0.495 e. The highest BCUT2D eigenvalue weighted by Crippen LogP contribution is 2.33. The van der Waals surface area contributed by atoms with Crippen LogP contribution >= 0.6 is 35.0 Å². The molecule has 2 N–H and O–H groups in total. The second-order valence-corrected chi connectivity index (χ2v) is 15.6. The number of esters is 2. The van der Waals surface area contributed by atoms with Crippen LogP contribution in [0.1, 0.15) is 31.8 Å². The maximum absolute atomic E-state index is 14.6. The number of hydrogen-bond donors (Lipinski definition) is 2. The van der Waals surface area contributed by atoms with E-state index >= 15 is 0 Å². The molecule has 0 amide bonds. The number of thioether (sulfide) groups is 1. The molecule has 20 heteroatoms. The summed E-state index contributed by atoms with van der Waals surface area (Å²) in [7, 11) is -0.977. The van der Waals surface area contributed by atoms with Crippen LogP contribution in [0, 0.1) is 11.6 Å². The Hall–Kier alpha value is -6.08. The van der Waals surface area contributed by atoms with Gasteiger partial charge in [-0.15, -0.1) is 11.8 Å². The molecule has 0 spiro atoms. The lowest BCUT2D eigenvalue weighted by Gasteiger charge is -2.13. The normalized spacial score (nSPS) is 10.8. The fourth-order valence-electron chi connectivity index (χ4n) is 5.02. The van der Waals surface area contributed by atoms with Crippen LogP contribution in [0.25, 0.3) is 0 Å². The number of benzene rings is 4. The smallest absolute Gasteiger partial charge is 0.341 e. The van der Waals surface area contributed by atoms with Gasteiger partial charge in [0.25, 0.3) is 0 Å². The molecule has 0 radical (unpaired) electrons.